The first kappa shape index (κ1) is 17.0. The zero-order valence-electron chi connectivity index (χ0n) is 14.5. The third-order valence-electron chi connectivity index (χ3n) is 4.61. The van der Waals surface area contributed by atoms with E-state index in [1.807, 2.05) is 13.0 Å². The van der Waals surface area contributed by atoms with Gasteiger partial charge in [0.1, 0.15) is 4.83 Å². The Morgan fingerprint density at radius 1 is 1.33 bits per heavy atom. The molecule has 1 saturated carbocycles. The van der Waals surface area contributed by atoms with Gasteiger partial charge in [0.15, 0.2) is 0 Å². The van der Waals surface area contributed by atoms with Crippen molar-refractivity contribution in [2.75, 3.05) is 20.6 Å². The molecule has 2 amide bonds. The van der Waals surface area contributed by atoms with E-state index in [2.05, 4.69) is 10.00 Å². The van der Waals surface area contributed by atoms with Crippen LogP contribution in [0.4, 0.5) is 0 Å². The van der Waals surface area contributed by atoms with Crippen molar-refractivity contribution >= 4 is 33.4 Å². The minimum atomic E-state index is -0.194. The molecule has 0 saturated heterocycles. The summed E-state index contributed by atoms with van der Waals surface area (Å²) in [5.74, 6) is -0.310. The molecule has 0 bridgehead atoms. The van der Waals surface area contributed by atoms with E-state index in [4.69, 9.17) is 5.10 Å². The summed E-state index contributed by atoms with van der Waals surface area (Å²) in [6.45, 7) is 2.01. The molecule has 1 aliphatic rings. The number of hydrogen-bond donors (Lipinski definition) is 1. The molecule has 7 heteroatoms. The average Bonchev–Trinajstić information content (AvgIpc) is 3.14. The van der Waals surface area contributed by atoms with Crippen molar-refractivity contribution in [3.05, 3.63) is 16.6 Å². The van der Waals surface area contributed by atoms with Crippen molar-refractivity contribution in [2.45, 2.75) is 45.1 Å². The van der Waals surface area contributed by atoms with E-state index >= 15 is 0 Å². The van der Waals surface area contributed by atoms with Crippen LogP contribution in [-0.2, 0) is 4.79 Å². The molecule has 1 fully saturated rings. The second-order valence-electron chi connectivity index (χ2n) is 6.62. The molecule has 2 heterocycles. The van der Waals surface area contributed by atoms with Crippen LogP contribution in [0, 0.1) is 6.92 Å². The second kappa shape index (κ2) is 6.93. The molecule has 1 N–H and O–H groups in total. The highest BCUT2D eigenvalue weighted by Gasteiger charge is 2.22. The van der Waals surface area contributed by atoms with Gasteiger partial charge in [-0.05, 0) is 25.8 Å². The van der Waals surface area contributed by atoms with E-state index < -0.39 is 0 Å². The fourth-order valence-corrected chi connectivity index (χ4v) is 4.31. The zero-order chi connectivity index (χ0) is 17.3. The number of fused-ring (bicyclic) bond motifs is 1. The number of amides is 2. The highest BCUT2D eigenvalue weighted by Crippen LogP contribution is 2.35. The highest BCUT2D eigenvalue weighted by atomic mass is 32.1. The number of carbonyl (C=O) groups excluding carboxylic acids is 2. The van der Waals surface area contributed by atoms with E-state index in [0.717, 1.165) is 28.8 Å². The number of likely N-dealkylation sites (N-methyl/N-ethyl adjacent to an activating group) is 1. The molecule has 130 valence electrons. The van der Waals surface area contributed by atoms with Crippen molar-refractivity contribution in [2.24, 2.45) is 0 Å². The zero-order valence-corrected chi connectivity index (χ0v) is 15.3. The lowest BCUT2D eigenvalue weighted by Gasteiger charge is -2.22. The van der Waals surface area contributed by atoms with Gasteiger partial charge in [-0.25, -0.2) is 0 Å². The molecule has 0 atom stereocenters. The first-order valence-electron chi connectivity index (χ1n) is 8.44. The summed E-state index contributed by atoms with van der Waals surface area (Å²) < 4.78 is 2.12. The van der Waals surface area contributed by atoms with Gasteiger partial charge in [0.25, 0.3) is 5.91 Å². The monoisotopic (exact) mass is 348 g/mol. The molecule has 6 nitrogen and oxygen atoms in total. The normalized spacial score (nSPS) is 15.6. The summed E-state index contributed by atoms with van der Waals surface area (Å²) in [5.41, 5.74) is 0.968. The Hall–Kier alpha value is -1.89. The van der Waals surface area contributed by atoms with Crippen LogP contribution < -0.4 is 5.32 Å². The topological polar surface area (TPSA) is 67.2 Å². The average molecular weight is 348 g/mol. The van der Waals surface area contributed by atoms with Crippen LogP contribution in [0.2, 0.25) is 0 Å². The largest absolute Gasteiger partial charge is 0.347 e. The molecule has 2 aromatic heterocycles. The van der Waals surface area contributed by atoms with Gasteiger partial charge >= 0.3 is 0 Å². The molecule has 0 aromatic carbocycles. The van der Waals surface area contributed by atoms with Gasteiger partial charge in [0.05, 0.1) is 23.2 Å². The van der Waals surface area contributed by atoms with E-state index in [0.29, 0.717) is 10.9 Å². The standard InChI is InChI=1S/C17H24N4O2S/c1-11-13-9-14(16(23)18-10-15(22)20(2)3)24-17(13)21(19-11)12-7-5-4-6-8-12/h9,12H,4-8,10H2,1-3H3,(H,18,23). The number of carbonyl (C=O) groups is 2. The SMILES string of the molecule is Cc1nn(C2CCCCC2)c2sc(C(=O)NCC(=O)N(C)C)cc12. The number of aryl methyl sites for hydroxylation is 1. The maximum absolute atomic E-state index is 12.3. The minimum absolute atomic E-state index is 0.0216. The van der Waals surface area contributed by atoms with E-state index in [-0.39, 0.29) is 18.4 Å². The quantitative estimate of drug-likeness (QED) is 0.924. The van der Waals surface area contributed by atoms with Crippen LogP contribution in [0.25, 0.3) is 10.2 Å². The minimum Gasteiger partial charge on any atom is -0.347 e. The lowest BCUT2D eigenvalue weighted by molar-refractivity contribution is -0.127. The van der Waals surface area contributed by atoms with Crippen molar-refractivity contribution in [3.8, 4) is 0 Å². The predicted octanol–water partition coefficient (Wildman–Crippen LogP) is 2.73. The maximum atomic E-state index is 12.3. The van der Waals surface area contributed by atoms with E-state index in [9.17, 15) is 9.59 Å². The second-order valence-corrected chi connectivity index (χ2v) is 7.65. The van der Waals surface area contributed by atoms with Gasteiger partial charge in [-0.3, -0.25) is 14.3 Å². The first-order valence-corrected chi connectivity index (χ1v) is 9.26. The summed E-state index contributed by atoms with van der Waals surface area (Å²) >= 11 is 1.47. The Kier molecular flexibility index (Phi) is 4.89. The Balaban J connectivity index is 1.80. The first-order chi connectivity index (χ1) is 11.5. The summed E-state index contributed by atoms with van der Waals surface area (Å²) in [7, 11) is 3.35. The van der Waals surface area contributed by atoms with Gasteiger partial charge in [0, 0.05) is 19.5 Å². The molecule has 0 spiro atoms. The van der Waals surface area contributed by atoms with Gasteiger partial charge in [-0.1, -0.05) is 19.3 Å². The Morgan fingerprint density at radius 3 is 2.71 bits per heavy atom. The molecule has 0 unspecified atom stereocenters. The van der Waals surface area contributed by atoms with Crippen LogP contribution in [0.3, 0.4) is 0 Å². The summed E-state index contributed by atoms with van der Waals surface area (Å²) in [5, 5.41) is 8.46. The van der Waals surface area contributed by atoms with Crippen molar-refractivity contribution < 1.29 is 9.59 Å². The number of aromatic nitrogens is 2. The summed E-state index contributed by atoms with van der Waals surface area (Å²) in [4.78, 5) is 27.1. The Labute approximate surface area is 145 Å². The predicted molar refractivity (Wildman–Crippen MR) is 95.5 cm³/mol. The van der Waals surface area contributed by atoms with Gasteiger partial charge in [-0.15, -0.1) is 11.3 Å². The van der Waals surface area contributed by atoms with Crippen LogP contribution in [-0.4, -0.2) is 47.1 Å². The molecule has 0 radical (unpaired) electrons. The van der Waals surface area contributed by atoms with Gasteiger partial charge in [-0.2, -0.15) is 5.10 Å². The smallest absolute Gasteiger partial charge is 0.261 e. The van der Waals surface area contributed by atoms with Crippen LogP contribution >= 0.6 is 11.3 Å². The Morgan fingerprint density at radius 2 is 2.04 bits per heavy atom. The maximum Gasteiger partial charge on any atom is 0.261 e. The molecule has 1 aliphatic carbocycles. The lowest BCUT2D eigenvalue weighted by Crippen LogP contribution is -2.35. The number of thiophene rings is 1. The van der Waals surface area contributed by atoms with Crippen molar-refractivity contribution in [1.82, 2.24) is 20.0 Å². The lowest BCUT2D eigenvalue weighted by atomic mass is 9.96. The molecule has 24 heavy (non-hydrogen) atoms. The van der Waals surface area contributed by atoms with Crippen LogP contribution in [0.15, 0.2) is 6.07 Å². The van der Waals surface area contributed by atoms with Gasteiger partial charge in [0.2, 0.25) is 5.91 Å². The van der Waals surface area contributed by atoms with Crippen molar-refractivity contribution in [3.63, 3.8) is 0 Å². The molecule has 0 aliphatic heterocycles. The fraction of sp³-hybridized carbons (Fsp3) is 0.588. The number of nitrogens with one attached hydrogen (secondary N) is 1. The number of rotatable bonds is 4. The molecule has 3 rings (SSSR count). The van der Waals surface area contributed by atoms with Crippen LogP contribution in [0.1, 0.15) is 53.5 Å². The fourth-order valence-electron chi connectivity index (χ4n) is 3.16. The van der Waals surface area contributed by atoms with Gasteiger partial charge < -0.3 is 10.2 Å². The third-order valence-corrected chi connectivity index (χ3v) is 5.73. The third kappa shape index (κ3) is 3.31. The Bertz CT molecular complexity index is 756. The van der Waals surface area contributed by atoms with Crippen molar-refractivity contribution in [1.29, 1.82) is 0 Å². The highest BCUT2D eigenvalue weighted by molar-refractivity contribution is 7.20. The van der Waals surface area contributed by atoms with E-state index in [1.54, 1.807) is 14.1 Å². The number of nitrogens with zero attached hydrogens (tertiary/aromatic N) is 3. The van der Waals surface area contributed by atoms with E-state index in [1.165, 1.54) is 35.5 Å². The molecule has 2 aromatic rings. The number of hydrogen-bond acceptors (Lipinski definition) is 4. The van der Waals surface area contributed by atoms with Crippen LogP contribution in [0.5, 0.6) is 0 Å². The molecular weight excluding hydrogens is 324 g/mol. The summed E-state index contributed by atoms with van der Waals surface area (Å²) in [6.07, 6.45) is 6.12. The summed E-state index contributed by atoms with van der Waals surface area (Å²) in [6, 6.07) is 2.34. The molecular formula is C17H24N4O2S.